The summed E-state index contributed by atoms with van der Waals surface area (Å²) in [7, 11) is -0.791. The Labute approximate surface area is 178 Å². The van der Waals surface area contributed by atoms with E-state index in [1.165, 1.54) is 20.2 Å². The number of amides is 1. The fraction of sp³-hybridized carbons (Fsp3) is 0.316. The molecule has 0 unspecified atom stereocenters. The van der Waals surface area contributed by atoms with Gasteiger partial charge in [-0.05, 0) is 53.2 Å². The van der Waals surface area contributed by atoms with E-state index in [1.54, 1.807) is 30.8 Å². The second-order valence-electron chi connectivity index (χ2n) is 5.96. The first-order valence-corrected chi connectivity index (χ1v) is 11.8. The Morgan fingerprint density at radius 3 is 2.57 bits per heavy atom. The maximum Gasteiger partial charge on any atom is 0.246 e. The molecule has 0 fully saturated rings. The topological polar surface area (TPSA) is 75.7 Å². The normalized spacial score (nSPS) is 11.5. The number of hydrogen-bond donors (Lipinski definition) is 1. The molecule has 0 aromatic heterocycles. The highest BCUT2D eigenvalue weighted by Gasteiger charge is 2.23. The standard InChI is InChI=1S/C19H23BrN2O4S2/c1-4-26-16-10-9-14(13-18(16)28(24,25)22(2)3)21-19(23)11-12-27-17-8-6-5-7-15(17)20/h5-10,13H,4,11-12H2,1-3H3,(H,21,23). The van der Waals surface area contributed by atoms with Gasteiger partial charge in [0.1, 0.15) is 10.6 Å². The van der Waals surface area contributed by atoms with E-state index in [0.717, 1.165) is 13.7 Å². The van der Waals surface area contributed by atoms with Crippen LogP contribution in [0.4, 0.5) is 5.69 Å². The van der Waals surface area contributed by atoms with Crippen molar-refractivity contribution in [2.24, 2.45) is 0 Å². The van der Waals surface area contributed by atoms with Gasteiger partial charge in [0, 0.05) is 41.3 Å². The molecule has 9 heteroatoms. The lowest BCUT2D eigenvalue weighted by atomic mass is 10.3. The van der Waals surface area contributed by atoms with Gasteiger partial charge in [-0.3, -0.25) is 4.79 Å². The number of halogens is 1. The quantitative estimate of drug-likeness (QED) is 0.536. The summed E-state index contributed by atoms with van der Waals surface area (Å²) >= 11 is 5.06. The lowest BCUT2D eigenvalue weighted by molar-refractivity contribution is -0.115. The maximum atomic E-state index is 12.6. The van der Waals surface area contributed by atoms with Crippen LogP contribution in [0.1, 0.15) is 13.3 Å². The smallest absolute Gasteiger partial charge is 0.246 e. The van der Waals surface area contributed by atoms with Crippen LogP contribution in [0.5, 0.6) is 5.75 Å². The van der Waals surface area contributed by atoms with E-state index >= 15 is 0 Å². The first-order chi connectivity index (χ1) is 13.3. The third-order valence-corrected chi connectivity index (χ3v) is 7.57. The summed E-state index contributed by atoms with van der Waals surface area (Å²) < 4.78 is 32.6. The summed E-state index contributed by atoms with van der Waals surface area (Å²) in [5.41, 5.74) is 0.416. The zero-order valence-corrected chi connectivity index (χ0v) is 19.2. The van der Waals surface area contributed by atoms with Gasteiger partial charge in [-0.2, -0.15) is 0 Å². The lowest BCUT2D eigenvalue weighted by Crippen LogP contribution is -2.23. The average Bonchev–Trinajstić information content (AvgIpc) is 2.64. The molecule has 2 aromatic rings. The molecule has 0 atom stereocenters. The number of anilines is 1. The van der Waals surface area contributed by atoms with Crippen LogP contribution < -0.4 is 10.1 Å². The van der Waals surface area contributed by atoms with Gasteiger partial charge >= 0.3 is 0 Å². The molecule has 0 bridgehead atoms. The molecule has 6 nitrogen and oxygen atoms in total. The van der Waals surface area contributed by atoms with Gasteiger partial charge in [-0.15, -0.1) is 11.8 Å². The number of benzene rings is 2. The van der Waals surface area contributed by atoms with Crippen LogP contribution in [0.2, 0.25) is 0 Å². The van der Waals surface area contributed by atoms with Crippen LogP contribution in [-0.2, 0) is 14.8 Å². The summed E-state index contributed by atoms with van der Waals surface area (Å²) in [6.45, 7) is 2.12. The molecule has 2 aromatic carbocycles. The number of carbonyl (C=O) groups is 1. The van der Waals surface area contributed by atoms with Gasteiger partial charge in [0.2, 0.25) is 15.9 Å². The Morgan fingerprint density at radius 1 is 1.21 bits per heavy atom. The van der Waals surface area contributed by atoms with Crippen LogP contribution in [0.3, 0.4) is 0 Å². The first kappa shape index (κ1) is 22.7. The molecule has 152 valence electrons. The van der Waals surface area contributed by atoms with Crippen molar-refractivity contribution in [3.63, 3.8) is 0 Å². The van der Waals surface area contributed by atoms with Crippen molar-refractivity contribution in [3.8, 4) is 5.75 Å². The molecule has 1 N–H and O–H groups in total. The van der Waals surface area contributed by atoms with Gasteiger partial charge < -0.3 is 10.1 Å². The van der Waals surface area contributed by atoms with E-state index in [9.17, 15) is 13.2 Å². The Balaban J connectivity index is 2.07. The van der Waals surface area contributed by atoms with E-state index in [-0.39, 0.29) is 16.6 Å². The van der Waals surface area contributed by atoms with Crippen molar-refractivity contribution in [1.29, 1.82) is 0 Å². The highest BCUT2D eigenvalue weighted by Crippen LogP contribution is 2.30. The molecule has 0 aliphatic rings. The van der Waals surface area contributed by atoms with Crippen LogP contribution in [0.15, 0.2) is 56.7 Å². The summed E-state index contributed by atoms with van der Waals surface area (Å²) in [6.07, 6.45) is 0.301. The van der Waals surface area contributed by atoms with E-state index < -0.39 is 10.0 Å². The molecule has 28 heavy (non-hydrogen) atoms. The van der Waals surface area contributed by atoms with Crippen LogP contribution in [0, 0.1) is 0 Å². The molecule has 0 heterocycles. The van der Waals surface area contributed by atoms with Gasteiger partial charge in [0.05, 0.1) is 6.61 Å². The Morgan fingerprint density at radius 2 is 1.93 bits per heavy atom. The monoisotopic (exact) mass is 486 g/mol. The fourth-order valence-electron chi connectivity index (χ4n) is 2.30. The minimum Gasteiger partial charge on any atom is -0.492 e. The number of ether oxygens (including phenoxy) is 1. The molecular formula is C19H23BrN2O4S2. The number of nitrogens with zero attached hydrogens (tertiary/aromatic N) is 1. The predicted molar refractivity (Wildman–Crippen MR) is 117 cm³/mol. The molecule has 0 saturated carbocycles. The highest BCUT2D eigenvalue weighted by molar-refractivity contribution is 9.10. The number of thioether (sulfide) groups is 1. The predicted octanol–water partition coefficient (Wildman–Crippen LogP) is 4.22. The molecule has 2 rings (SSSR count). The maximum absolute atomic E-state index is 12.6. The third kappa shape index (κ3) is 5.97. The second-order valence-corrected chi connectivity index (χ2v) is 10.1. The van der Waals surface area contributed by atoms with E-state index in [0.29, 0.717) is 24.5 Å². The second kappa shape index (κ2) is 10.3. The Bertz CT molecular complexity index is 933. The van der Waals surface area contributed by atoms with Crippen molar-refractivity contribution in [1.82, 2.24) is 4.31 Å². The van der Waals surface area contributed by atoms with Crippen molar-refractivity contribution in [2.75, 3.05) is 31.8 Å². The lowest BCUT2D eigenvalue weighted by Gasteiger charge is -2.16. The number of carbonyl (C=O) groups excluding carboxylic acids is 1. The minimum atomic E-state index is -3.70. The van der Waals surface area contributed by atoms with E-state index in [4.69, 9.17) is 4.74 Å². The molecule has 0 aliphatic heterocycles. The SMILES string of the molecule is CCOc1ccc(NC(=O)CCSc2ccccc2Br)cc1S(=O)(=O)N(C)C. The fourth-order valence-corrected chi connectivity index (χ4v) is 4.86. The summed E-state index contributed by atoms with van der Waals surface area (Å²) in [5.74, 6) is 0.685. The van der Waals surface area contributed by atoms with Gasteiger partial charge in [-0.25, -0.2) is 12.7 Å². The molecule has 0 aliphatic carbocycles. The van der Waals surface area contributed by atoms with Gasteiger partial charge in [-0.1, -0.05) is 12.1 Å². The van der Waals surface area contributed by atoms with Crippen molar-refractivity contribution < 1.29 is 17.9 Å². The van der Waals surface area contributed by atoms with E-state index in [2.05, 4.69) is 21.2 Å². The van der Waals surface area contributed by atoms with Gasteiger partial charge in [0.15, 0.2) is 0 Å². The van der Waals surface area contributed by atoms with Crippen LogP contribution in [0.25, 0.3) is 0 Å². The number of hydrogen-bond acceptors (Lipinski definition) is 5. The summed E-state index contributed by atoms with van der Waals surface area (Å²) in [6, 6.07) is 12.4. The number of sulfonamides is 1. The van der Waals surface area contributed by atoms with E-state index in [1.807, 2.05) is 24.3 Å². The Hall–Kier alpha value is -1.55. The average molecular weight is 487 g/mol. The van der Waals surface area contributed by atoms with Gasteiger partial charge in [0.25, 0.3) is 0 Å². The zero-order chi connectivity index (χ0) is 20.7. The number of nitrogens with one attached hydrogen (secondary N) is 1. The molecule has 1 amide bonds. The molecule has 0 spiro atoms. The minimum absolute atomic E-state index is 0.0275. The molecule has 0 radical (unpaired) electrons. The third-order valence-electron chi connectivity index (χ3n) is 3.71. The van der Waals surface area contributed by atoms with Crippen LogP contribution in [-0.4, -0.2) is 45.1 Å². The number of rotatable bonds is 9. The highest BCUT2D eigenvalue weighted by atomic mass is 79.9. The first-order valence-electron chi connectivity index (χ1n) is 8.62. The van der Waals surface area contributed by atoms with Crippen molar-refractivity contribution in [2.45, 2.75) is 23.1 Å². The zero-order valence-electron chi connectivity index (χ0n) is 15.9. The summed E-state index contributed by atoms with van der Waals surface area (Å²) in [5, 5.41) is 2.76. The Kier molecular flexibility index (Phi) is 8.36. The molecule has 0 saturated heterocycles. The van der Waals surface area contributed by atoms with Crippen molar-refractivity contribution in [3.05, 3.63) is 46.9 Å². The largest absolute Gasteiger partial charge is 0.492 e. The van der Waals surface area contributed by atoms with Crippen LogP contribution >= 0.6 is 27.7 Å². The summed E-state index contributed by atoms with van der Waals surface area (Å²) in [4.78, 5) is 13.4. The molecular weight excluding hydrogens is 464 g/mol. The van der Waals surface area contributed by atoms with Crippen molar-refractivity contribution >= 4 is 49.3 Å².